The third-order valence-corrected chi connectivity index (χ3v) is 2.84. The minimum absolute atomic E-state index is 0.159. The summed E-state index contributed by atoms with van der Waals surface area (Å²) in [6.07, 6.45) is 1.47. The van der Waals surface area contributed by atoms with Crippen molar-refractivity contribution >= 4 is 17.7 Å². The first-order valence-electron chi connectivity index (χ1n) is 4.61. The van der Waals surface area contributed by atoms with Gasteiger partial charge in [-0.15, -0.1) is 0 Å². The Kier molecular flexibility index (Phi) is 3.50. The Hall–Kier alpha value is -1.73. The molecule has 2 rings (SSSR count). The molecule has 88 valence electrons. The van der Waals surface area contributed by atoms with Gasteiger partial charge in [-0.25, -0.2) is 24.6 Å². The van der Waals surface area contributed by atoms with Crippen molar-refractivity contribution < 1.29 is 8.78 Å². The molecule has 1 aromatic carbocycles. The predicted octanol–water partition coefficient (Wildman–Crippen LogP) is 2.19. The smallest absolute Gasteiger partial charge is 0.238 e. The number of nitrogens with two attached hydrogens (primary N) is 1. The molecule has 0 radical (unpaired) electrons. The third kappa shape index (κ3) is 2.89. The molecule has 0 fully saturated rings. The molecule has 1 aromatic heterocycles. The molecule has 4 nitrogen and oxygen atoms in total. The highest BCUT2D eigenvalue weighted by atomic mass is 32.2. The first-order valence-corrected chi connectivity index (χ1v) is 5.43. The average molecular weight is 254 g/mol. The minimum Gasteiger partial charge on any atom is -0.292 e. The maximum absolute atomic E-state index is 13.4. The number of aromatic nitrogens is 2. The quantitative estimate of drug-likeness (QED) is 0.499. The zero-order valence-electron chi connectivity index (χ0n) is 8.52. The molecule has 0 aliphatic heterocycles. The molecule has 0 saturated heterocycles. The van der Waals surface area contributed by atoms with Crippen molar-refractivity contribution in [1.82, 2.24) is 9.97 Å². The van der Waals surface area contributed by atoms with Crippen molar-refractivity contribution in [2.45, 2.75) is 9.92 Å². The molecule has 0 spiro atoms. The van der Waals surface area contributed by atoms with Crippen LogP contribution in [0.4, 0.5) is 14.7 Å². The molecule has 17 heavy (non-hydrogen) atoms. The number of hydrogen-bond donors (Lipinski definition) is 2. The number of rotatable bonds is 3. The Bertz CT molecular complexity index is 535. The van der Waals surface area contributed by atoms with E-state index in [0.29, 0.717) is 5.03 Å². The number of benzene rings is 1. The highest BCUT2D eigenvalue weighted by Crippen LogP contribution is 2.29. The van der Waals surface area contributed by atoms with Crippen LogP contribution in [0.25, 0.3) is 0 Å². The van der Waals surface area contributed by atoms with Crippen molar-refractivity contribution in [3.8, 4) is 0 Å². The lowest BCUT2D eigenvalue weighted by Crippen LogP contribution is -2.10. The normalized spacial score (nSPS) is 10.3. The summed E-state index contributed by atoms with van der Waals surface area (Å²) in [6.45, 7) is 0. The van der Waals surface area contributed by atoms with Crippen LogP contribution in [-0.2, 0) is 0 Å². The molecule has 0 saturated carbocycles. The maximum atomic E-state index is 13.4. The Morgan fingerprint density at radius 2 is 2.06 bits per heavy atom. The molecule has 2 aromatic rings. The van der Waals surface area contributed by atoms with Gasteiger partial charge in [0.05, 0.1) is 4.90 Å². The first kappa shape index (κ1) is 11.7. The zero-order valence-corrected chi connectivity index (χ0v) is 9.34. The van der Waals surface area contributed by atoms with Crippen LogP contribution in [-0.4, -0.2) is 9.97 Å². The second kappa shape index (κ2) is 5.07. The van der Waals surface area contributed by atoms with E-state index in [9.17, 15) is 8.78 Å². The van der Waals surface area contributed by atoms with Crippen molar-refractivity contribution in [2.24, 2.45) is 5.84 Å². The molecule has 7 heteroatoms. The standard InChI is InChI=1S/C10H8F2N4S/c11-6-1-2-7(12)8(5-6)17-9-3-4-14-10(15-9)16-13/h1-5H,13H2,(H,14,15,16). The average Bonchev–Trinajstić information content (AvgIpc) is 2.34. The largest absolute Gasteiger partial charge is 0.292 e. The second-order valence-corrected chi connectivity index (χ2v) is 4.10. The molecule has 0 atom stereocenters. The Balaban J connectivity index is 2.27. The number of hydrazine groups is 1. The lowest BCUT2D eigenvalue weighted by Gasteiger charge is -2.04. The Morgan fingerprint density at radius 3 is 2.82 bits per heavy atom. The van der Waals surface area contributed by atoms with Crippen LogP contribution >= 0.6 is 11.8 Å². The summed E-state index contributed by atoms with van der Waals surface area (Å²) in [7, 11) is 0. The summed E-state index contributed by atoms with van der Waals surface area (Å²) >= 11 is 0.996. The third-order valence-electron chi connectivity index (χ3n) is 1.87. The molecule has 3 N–H and O–H groups in total. The van der Waals surface area contributed by atoms with Gasteiger partial charge in [0.1, 0.15) is 16.7 Å². The van der Waals surface area contributed by atoms with E-state index in [1.807, 2.05) is 0 Å². The number of nitrogens with one attached hydrogen (secondary N) is 1. The summed E-state index contributed by atoms with van der Waals surface area (Å²) in [5.74, 6) is 4.36. The fourth-order valence-corrected chi connectivity index (χ4v) is 1.96. The summed E-state index contributed by atoms with van der Waals surface area (Å²) in [5, 5.41) is 0.470. The topological polar surface area (TPSA) is 63.8 Å². The van der Waals surface area contributed by atoms with Gasteiger partial charge >= 0.3 is 0 Å². The van der Waals surface area contributed by atoms with Gasteiger partial charge < -0.3 is 0 Å². The SMILES string of the molecule is NNc1nccc(Sc2cc(F)ccc2F)n1. The monoisotopic (exact) mass is 254 g/mol. The molecule has 0 aliphatic carbocycles. The van der Waals surface area contributed by atoms with E-state index < -0.39 is 11.6 Å². The Labute approximate surface area is 100 Å². The number of hydrogen-bond acceptors (Lipinski definition) is 5. The highest BCUT2D eigenvalue weighted by Gasteiger charge is 2.07. The number of halogens is 2. The Morgan fingerprint density at radius 1 is 1.24 bits per heavy atom. The van der Waals surface area contributed by atoms with E-state index in [1.165, 1.54) is 6.20 Å². The second-order valence-electron chi connectivity index (χ2n) is 3.04. The van der Waals surface area contributed by atoms with E-state index >= 15 is 0 Å². The summed E-state index contributed by atoms with van der Waals surface area (Å²) in [6, 6.07) is 4.82. The van der Waals surface area contributed by atoms with E-state index in [1.54, 1.807) is 6.07 Å². The van der Waals surface area contributed by atoms with Gasteiger partial charge in [0.2, 0.25) is 5.95 Å². The fourth-order valence-electron chi connectivity index (χ4n) is 1.14. The van der Waals surface area contributed by atoms with Gasteiger partial charge in [0.25, 0.3) is 0 Å². The van der Waals surface area contributed by atoms with Crippen molar-refractivity contribution in [3.63, 3.8) is 0 Å². The molecule has 0 aliphatic rings. The van der Waals surface area contributed by atoms with Gasteiger partial charge in [0.15, 0.2) is 0 Å². The van der Waals surface area contributed by atoms with Crippen molar-refractivity contribution in [1.29, 1.82) is 0 Å². The van der Waals surface area contributed by atoms with Crippen molar-refractivity contribution in [2.75, 3.05) is 5.43 Å². The molecular formula is C10H8F2N4S. The highest BCUT2D eigenvalue weighted by molar-refractivity contribution is 7.99. The van der Waals surface area contributed by atoms with Crippen LogP contribution in [0.2, 0.25) is 0 Å². The summed E-state index contributed by atoms with van der Waals surface area (Å²) < 4.78 is 26.3. The predicted molar refractivity (Wildman–Crippen MR) is 60.3 cm³/mol. The molecule has 0 amide bonds. The van der Waals surface area contributed by atoms with E-state index in [-0.39, 0.29) is 10.8 Å². The summed E-state index contributed by atoms with van der Waals surface area (Å²) in [4.78, 5) is 7.95. The minimum atomic E-state index is -0.503. The van der Waals surface area contributed by atoms with Crippen LogP contribution in [0.3, 0.4) is 0 Å². The number of nitrogen functional groups attached to an aromatic ring is 1. The molecule has 1 heterocycles. The van der Waals surface area contributed by atoms with Gasteiger partial charge in [-0.3, -0.25) is 5.43 Å². The van der Waals surface area contributed by atoms with Crippen LogP contribution < -0.4 is 11.3 Å². The maximum Gasteiger partial charge on any atom is 0.238 e. The van der Waals surface area contributed by atoms with Crippen LogP contribution in [0.15, 0.2) is 40.4 Å². The van der Waals surface area contributed by atoms with E-state index in [0.717, 1.165) is 30.0 Å². The fraction of sp³-hybridized carbons (Fsp3) is 0. The van der Waals surface area contributed by atoms with Crippen LogP contribution in [0, 0.1) is 11.6 Å². The lowest BCUT2D eigenvalue weighted by atomic mass is 10.3. The van der Waals surface area contributed by atoms with Gasteiger partial charge in [-0.05, 0) is 24.3 Å². The van der Waals surface area contributed by atoms with E-state index in [2.05, 4.69) is 15.4 Å². The lowest BCUT2D eigenvalue weighted by molar-refractivity contribution is 0.577. The van der Waals surface area contributed by atoms with Crippen molar-refractivity contribution in [3.05, 3.63) is 42.1 Å². The first-order chi connectivity index (χ1) is 8.19. The number of anilines is 1. The van der Waals surface area contributed by atoms with Crippen LogP contribution in [0.5, 0.6) is 0 Å². The van der Waals surface area contributed by atoms with Gasteiger partial charge in [-0.2, -0.15) is 0 Å². The van der Waals surface area contributed by atoms with Gasteiger partial charge in [0, 0.05) is 6.20 Å². The molecular weight excluding hydrogens is 246 g/mol. The van der Waals surface area contributed by atoms with Gasteiger partial charge in [-0.1, -0.05) is 11.8 Å². The summed E-state index contributed by atoms with van der Waals surface area (Å²) in [5.41, 5.74) is 2.28. The molecule has 0 bridgehead atoms. The zero-order chi connectivity index (χ0) is 12.3. The number of nitrogens with zero attached hydrogens (tertiary/aromatic N) is 2. The van der Waals surface area contributed by atoms with Crippen LogP contribution in [0.1, 0.15) is 0 Å². The van der Waals surface area contributed by atoms with E-state index in [4.69, 9.17) is 5.84 Å². The molecule has 0 unspecified atom stereocenters.